The van der Waals surface area contributed by atoms with E-state index in [1.165, 1.54) is 38.5 Å². The molecule has 0 aliphatic rings. The van der Waals surface area contributed by atoms with E-state index >= 15 is 0 Å². The second kappa shape index (κ2) is 9.35. The fourth-order valence-electron chi connectivity index (χ4n) is 3.46. The molecule has 7 nitrogen and oxygen atoms in total. The number of fused-ring (bicyclic) bond motifs is 1. The van der Waals surface area contributed by atoms with E-state index in [4.69, 9.17) is 14.5 Å². The van der Waals surface area contributed by atoms with E-state index < -0.39 is 17.8 Å². The van der Waals surface area contributed by atoms with Gasteiger partial charge in [0.1, 0.15) is 11.5 Å². The van der Waals surface area contributed by atoms with Crippen molar-refractivity contribution in [3.8, 4) is 17.0 Å². The first-order chi connectivity index (χ1) is 16.0. The molecule has 33 heavy (non-hydrogen) atoms. The second-order valence-electron chi connectivity index (χ2n) is 6.97. The normalized spacial score (nSPS) is 10.5. The highest BCUT2D eigenvalue weighted by molar-refractivity contribution is 6.12. The number of hydrogen-bond donors (Lipinski definition) is 1. The molecule has 1 N–H and O–H groups in total. The zero-order valence-electron chi connectivity index (χ0n) is 17.9. The standard InChI is InChI=1S/C25H20FN3O4/c1-32-23-21(24(30)28-29(25(31)33-2)18-14-12-17(26)13-15-18)19-10-6-7-11-20(19)27-22(23)16-8-4-3-5-9-16/h3-15H,1-2H3,(H,28,30). The molecule has 4 aromatic rings. The minimum Gasteiger partial charge on any atom is -0.494 e. The van der Waals surface area contributed by atoms with E-state index in [0.29, 0.717) is 16.6 Å². The van der Waals surface area contributed by atoms with Crippen LogP contribution in [0.1, 0.15) is 10.4 Å². The van der Waals surface area contributed by atoms with E-state index in [1.807, 2.05) is 36.4 Å². The van der Waals surface area contributed by atoms with Crippen LogP contribution in [-0.4, -0.2) is 31.2 Å². The molecule has 166 valence electrons. The number of anilines is 1. The molecule has 0 radical (unpaired) electrons. The van der Waals surface area contributed by atoms with Crippen LogP contribution in [0.3, 0.4) is 0 Å². The molecular formula is C25H20FN3O4. The first kappa shape index (κ1) is 21.8. The van der Waals surface area contributed by atoms with Gasteiger partial charge in [-0.2, -0.15) is 5.01 Å². The van der Waals surface area contributed by atoms with Crippen LogP contribution in [0.5, 0.6) is 5.75 Å². The average molecular weight is 445 g/mol. The molecule has 4 rings (SSSR count). The van der Waals surface area contributed by atoms with Crippen LogP contribution >= 0.6 is 0 Å². The summed E-state index contributed by atoms with van der Waals surface area (Å²) < 4.78 is 23.8. The van der Waals surface area contributed by atoms with Crippen LogP contribution in [0.2, 0.25) is 0 Å². The monoisotopic (exact) mass is 445 g/mol. The largest absolute Gasteiger partial charge is 0.494 e. The summed E-state index contributed by atoms with van der Waals surface area (Å²) in [7, 11) is 2.63. The predicted molar refractivity (Wildman–Crippen MR) is 122 cm³/mol. The Morgan fingerprint density at radius 1 is 0.909 bits per heavy atom. The van der Waals surface area contributed by atoms with Gasteiger partial charge in [-0.3, -0.25) is 10.2 Å². The third-order valence-corrected chi connectivity index (χ3v) is 4.98. The van der Waals surface area contributed by atoms with Crippen molar-refractivity contribution >= 4 is 28.6 Å². The third kappa shape index (κ3) is 4.31. The number of halogens is 1. The van der Waals surface area contributed by atoms with E-state index in [0.717, 1.165) is 10.6 Å². The Morgan fingerprint density at radius 2 is 1.58 bits per heavy atom. The smallest absolute Gasteiger partial charge is 0.433 e. The number of pyridine rings is 1. The summed E-state index contributed by atoms with van der Waals surface area (Å²) in [5, 5.41) is 1.44. The molecule has 0 atom stereocenters. The Kier molecular flexibility index (Phi) is 6.17. The first-order valence-electron chi connectivity index (χ1n) is 10.00. The lowest BCUT2D eigenvalue weighted by Crippen LogP contribution is -2.46. The van der Waals surface area contributed by atoms with Crippen molar-refractivity contribution in [2.45, 2.75) is 0 Å². The number of carbonyl (C=O) groups excluding carboxylic acids is 2. The summed E-state index contributed by atoms with van der Waals surface area (Å²) in [5.74, 6) is -0.858. The van der Waals surface area contributed by atoms with Gasteiger partial charge < -0.3 is 9.47 Å². The molecule has 1 aromatic heterocycles. The number of benzene rings is 3. The van der Waals surface area contributed by atoms with E-state index in [2.05, 4.69) is 5.43 Å². The fraction of sp³-hybridized carbons (Fsp3) is 0.0800. The van der Waals surface area contributed by atoms with Gasteiger partial charge in [-0.1, -0.05) is 48.5 Å². The van der Waals surface area contributed by atoms with E-state index in [1.54, 1.807) is 18.2 Å². The molecule has 0 bridgehead atoms. The van der Waals surface area contributed by atoms with Gasteiger partial charge in [-0.05, 0) is 30.3 Å². The van der Waals surface area contributed by atoms with Crippen LogP contribution in [0.25, 0.3) is 22.2 Å². The van der Waals surface area contributed by atoms with Crippen LogP contribution in [0, 0.1) is 5.82 Å². The van der Waals surface area contributed by atoms with Crippen LogP contribution < -0.4 is 15.2 Å². The molecule has 1 heterocycles. The maximum absolute atomic E-state index is 13.6. The third-order valence-electron chi connectivity index (χ3n) is 4.98. The Balaban J connectivity index is 1.86. The minimum atomic E-state index is -0.851. The van der Waals surface area contributed by atoms with Gasteiger partial charge in [0.15, 0.2) is 5.75 Å². The number of hydrazine groups is 1. The Bertz CT molecular complexity index is 1310. The second-order valence-corrected chi connectivity index (χ2v) is 6.97. The highest BCUT2D eigenvalue weighted by Crippen LogP contribution is 2.36. The molecule has 8 heteroatoms. The lowest BCUT2D eigenvalue weighted by Gasteiger charge is -2.23. The number of nitrogens with zero attached hydrogens (tertiary/aromatic N) is 2. The number of aromatic nitrogens is 1. The fourth-order valence-corrected chi connectivity index (χ4v) is 3.46. The number of rotatable bonds is 4. The molecule has 3 aromatic carbocycles. The number of methoxy groups -OCH3 is 2. The Labute approximate surface area is 189 Å². The van der Waals surface area contributed by atoms with Gasteiger partial charge in [0, 0.05) is 10.9 Å². The van der Waals surface area contributed by atoms with Gasteiger partial charge in [0.25, 0.3) is 5.91 Å². The number of amides is 2. The number of ether oxygens (including phenoxy) is 2. The number of para-hydroxylation sites is 1. The molecule has 0 aliphatic carbocycles. The van der Waals surface area contributed by atoms with Crippen molar-refractivity contribution < 1.29 is 23.5 Å². The zero-order valence-corrected chi connectivity index (χ0v) is 17.9. The maximum Gasteiger partial charge on any atom is 0.433 e. The molecule has 2 amide bonds. The molecule has 0 spiro atoms. The molecular weight excluding hydrogens is 425 g/mol. The molecule has 0 unspecified atom stereocenters. The quantitative estimate of drug-likeness (QED) is 0.449. The van der Waals surface area contributed by atoms with Crippen LogP contribution in [-0.2, 0) is 4.74 Å². The van der Waals surface area contributed by atoms with Gasteiger partial charge in [0.2, 0.25) is 0 Å². The van der Waals surface area contributed by atoms with Crippen molar-refractivity contribution in [2.24, 2.45) is 0 Å². The van der Waals surface area contributed by atoms with Crippen molar-refractivity contribution in [2.75, 3.05) is 19.2 Å². The van der Waals surface area contributed by atoms with Crippen LogP contribution in [0.15, 0.2) is 78.9 Å². The number of hydrogen-bond acceptors (Lipinski definition) is 5. The van der Waals surface area contributed by atoms with Gasteiger partial charge in [-0.25, -0.2) is 14.2 Å². The summed E-state index contributed by atoms with van der Waals surface area (Å²) in [6, 6.07) is 21.5. The Morgan fingerprint density at radius 3 is 2.24 bits per heavy atom. The highest BCUT2D eigenvalue weighted by atomic mass is 19.1. The lowest BCUT2D eigenvalue weighted by molar-refractivity contribution is 0.0939. The maximum atomic E-state index is 13.6. The van der Waals surface area contributed by atoms with Crippen molar-refractivity contribution in [1.29, 1.82) is 0 Å². The predicted octanol–water partition coefficient (Wildman–Crippen LogP) is 4.97. The van der Waals surface area contributed by atoms with Crippen molar-refractivity contribution in [3.05, 3.63) is 90.2 Å². The number of carbonyl (C=O) groups is 2. The Hall–Kier alpha value is -4.46. The summed E-state index contributed by atoms with van der Waals surface area (Å²) in [4.78, 5) is 30.7. The zero-order chi connectivity index (χ0) is 23.4. The molecule has 0 aliphatic heterocycles. The highest BCUT2D eigenvalue weighted by Gasteiger charge is 2.26. The van der Waals surface area contributed by atoms with Gasteiger partial charge >= 0.3 is 6.09 Å². The van der Waals surface area contributed by atoms with Crippen molar-refractivity contribution in [3.63, 3.8) is 0 Å². The van der Waals surface area contributed by atoms with Crippen molar-refractivity contribution in [1.82, 2.24) is 10.4 Å². The summed E-state index contributed by atoms with van der Waals surface area (Å²) in [5.41, 5.74) is 4.79. The molecule has 0 saturated heterocycles. The lowest BCUT2D eigenvalue weighted by atomic mass is 10.0. The van der Waals surface area contributed by atoms with E-state index in [9.17, 15) is 14.0 Å². The summed E-state index contributed by atoms with van der Waals surface area (Å²) in [6.07, 6.45) is -0.851. The SMILES string of the molecule is COC(=O)N(NC(=O)c1c(OC)c(-c2ccccc2)nc2ccccc12)c1ccc(F)cc1. The van der Waals surface area contributed by atoms with Gasteiger partial charge in [-0.15, -0.1) is 0 Å². The van der Waals surface area contributed by atoms with E-state index in [-0.39, 0.29) is 17.0 Å². The van der Waals surface area contributed by atoms with Crippen LogP contribution in [0.4, 0.5) is 14.9 Å². The molecule has 0 fully saturated rings. The first-order valence-corrected chi connectivity index (χ1v) is 10.00. The molecule has 0 saturated carbocycles. The topological polar surface area (TPSA) is 80.8 Å². The van der Waals surface area contributed by atoms with Gasteiger partial charge in [0.05, 0.1) is 31.0 Å². The minimum absolute atomic E-state index is 0.193. The summed E-state index contributed by atoms with van der Waals surface area (Å²) >= 11 is 0. The summed E-state index contributed by atoms with van der Waals surface area (Å²) in [6.45, 7) is 0. The average Bonchev–Trinajstić information content (AvgIpc) is 2.86. The number of nitrogens with one attached hydrogen (secondary N) is 1.